The summed E-state index contributed by atoms with van der Waals surface area (Å²) in [6.07, 6.45) is 3.92. The fourth-order valence-corrected chi connectivity index (χ4v) is 3.85. The van der Waals surface area contributed by atoms with Crippen molar-refractivity contribution in [2.24, 2.45) is 5.10 Å². The molecule has 0 spiro atoms. The average molecular weight is 416 g/mol. The van der Waals surface area contributed by atoms with Gasteiger partial charge in [0.05, 0.1) is 22.3 Å². The molecule has 4 nitrogen and oxygen atoms in total. The number of hydrazone groups is 1. The molecule has 146 valence electrons. The Morgan fingerprint density at radius 2 is 1.89 bits per heavy atom. The van der Waals surface area contributed by atoms with Crippen molar-refractivity contribution < 1.29 is 4.79 Å². The van der Waals surface area contributed by atoms with E-state index in [0.29, 0.717) is 10.6 Å². The van der Waals surface area contributed by atoms with Gasteiger partial charge >= 0.3 is 0 Å². The highest BCUT2D eigenvalue weighted by molar-refractivity contribution is 6.36. The molecule has 1 N–H and O–H groups in total. The van der Waals surface area contributed by atoms with Gasteiger partial charge in [-0.05, 0) is 74.7 Å². The molecule has 0 atom stereocenters. The van der Waals surface area contributed by atoms with Crippen LogP contribution in [0, 0.1) is 6.92 Å². The highest BCUT2D eigenvalue weighted by Gasteiger charge is 2.28. The van der Waals surface area contributed by atoms with Crippen molar-refractivity contribution in [3.63, 3.8) is 0 Å². The minimum atomic E-state index is -0.383. The van der Waals surface area contributed by atoms with E-state index in [1.807, 2.05) is 6.92 Å². The van der Waals surface area contributed by atoms with Crippen molar-refractivity contribution in [3.8, 4) is 0 Å². The first-order valence-corrected chi connectivity index (χ1v) is 9.72. The van der Waals surface area contributed by atoms with Crippen LogP contribution in [0.5, 0.6) is 0 Å². The van der Waals surface area contributed by atoms with Gasteiger partial charge in [-0.3, -0.25) is 4.79 Å². The molecule has 6 heteroatoms. The number of benzene rings is 2. The van der Waals surface area contributed by atoms with Crippen LogP contribution in [0.3, 0.4) is 0 Å². The third-order valence-corrected chi connectivity index (χ3v) is 5.70. The highest BCUT2D eigenvalue weighted by Crippen LogP contribution is 2.38. The van der Waals surface area contributed by atoms with Gasteiger partial charge in [-0.25, -0.2) is 5.43 Å². The van der Waals surface area contributed by atoms with E-state index < -0.39 is 0 Å². The van der Waals surface area contributed by atoms with Gasteiger partial charge in [-0.15, -0.1) is 0 Å². The quantitative estimate of drug-likeness (QED) is 0.516. The molecule has 0 radical (unpaired) electrons. The minimum Gasteiger partial charge on any atom is -0.365 e. The molecule has 0 saturated heterocycles. The summed E-state index contributed by atoms with van der Waals surface area (Å²) in [6, 6.07) is 8.99. The van der Waals surface area contributed by atoms with Crippen molar-refractivity contribution >= 4 is 46.6 Å². The molecular weight excluding hydrogens is 393 g/mol. The van der Waals surface area contributed by atoms with Crippen LogP contribution in [0.4, 0.5) is 5.69 Å². The van der Waals surface area contributed by atoms with Crippen LogP contribution < -0.4 is 10.3 Å². The molecule has 0 fully saturated rings. The molecule has 0 unspecified atom stereocenters. The first kappa shape index (κ1) is 20.4. The first-order valence-electron chi connectivity index (χ1n) is 8.97. The predicted octanol–water partition coefficient (Wildman–Crippen LogP) is 5.70. The summed E-state index contributed by atoms with van der Waals surface area (Å²) >= 11 is 11.9. The van der Waals surface area contributed by atoms with Gasteiger partial charge in [-0.1, -0.05) is 29.3 Å². The molecule has 1 aliphatic heterocycles. The maximum absolute atomic E-state index is 12.3. The van der Waals surface area contributed by atoms with E-state index in [4.69, 9.17) is 23.2 Å². The number of rotatable bonds is 3. The Kier molecular flexibility index (Phi) is 5.55. The van der Waals surface area contributed by atoms with Crippen molar-refractivity contribution in [2.45, 2.75) is 33.2 Å². The zero-order valence-corrected chi connectivity index (χ0v) is 18.1. The lowest BCUT2D eigenvalue weighted by Crippen LogP contribution is -2.42. The fraction of sp³-hybridized carbons (Fsp3) is 0.273. The maximum Gasteiger partial charge on any atom is 0.272 e. The highest BCUT2D eigenvalue weighted by atomic mass is 35.5. The number of carbonyl (C=O) groups excluding carboxylic acids is 1. The molecule has 0 aliphatic carbocycles. The smallest absolute Gasteiger partial charge is 0.272 e. The summed E-state index contributed by atoms with van der Waals surface area (Å²) < 4.78 is 0. The zero-order valence-electron chi connectivity index (χ0n) is 16.6. The number of anilines is 1. The molecule has 1 amide bonds. The zero-order chi connectivity index (χ0) is 20.6. The second-order valence-corrected chi connectivity index (χ2v) is 8.43. The number of halogens is 2. The lowest BCUT2D eigenvalue weighted by molar-refractivity contribution is 0.0955. The van der Waals surface area contributed by atoms with Gasteiger partial charge in [0.25, 0.3) is 5.91 Å². The third kappa shape index (κ3) is 3.94. The predicted molar refractivity (Wildman–Crippen MR) is 119 cm³/mol. The number of likely N-dealkylation sites (N-methyl/N-ethyl adjacent to an activating group) is 1. The van der Waals surface area contributed by atoms with Crippen molar-refractivity contribution in [1.29, 1.82) is 0 Å². The van der Waals surface area contributed by atoms with Crippen LogP contribution in [0.2, 0.25) is 10.0 Å². The van der Waals surface area contributed by atoms with Gasteiger partial charge in [-0.2, -0.15) is 5.10 Å². The number of allylic oxidation sites excluding steroid dienone is 1. The summed E-state index contributed by atoms with van der Waals surface area (Å²) in [5.41, 5.74) is 8.43. The van der Waals surface area contributed by atoms with Crippen LogP contribution in [-0.4, -0.2) is 24.7 Å². The van der Waals surface area contributed by atoms with Crippen LogP contribution >= 0.6 is 23.2 Å². The Morgan fingerprint density at radius 1 is 1.18 bits per heavy atom. The molecule has 1 heterocycles. The largest absolute Gasteiger partial charge is 0.365 e. The molecule has 0 aromatic heterocycles. The van der Waals surface area contributed by atoms with E-state index >= 15 is 0 Å². The molecular formula is C22H23Cl2N3O. The molecule has 0 bridgehead atoms. The Morgan fingerprint density at radius 3 is 2.57 bits per heavy atom. The summed E-state index contributed by atoms with van der Waals surface area (Å²) in [4.78, 5) is 14.6. The lowest BCUT2D eigenvalue weighted by atomic mass is 9.87. The molecule has 0 saturated carbocycles. The third-order valence-electron chi connectivity index (χ3n) is 5.15. The Balaban J connectivity index is 1.84. The fourth-order valence-electron chi connectivity index (χ4n) is 3.35. The summed E-state index contributed by atoms with van der Waals surface area (Å²) in [5, 5.41) is 4.88. The summed E-state index contributed by atoms with van der Waals surface area (Å²) in [6.45, 7) is 8.55. The Bertz CT molecular complexity index is 1010. The van der Waals surface area contributed by atoms with Crippen LogP contribution in [0.1, 0.15) is 47.8 Å². The number of amides is 1. The molecule has 2 aromatic rings. The van der Waals surface area contributed by atoms with Crippen molar-refractivity contribution in [3.05, 3.63) is 68.7 Å². The van der Waals surface area contributed by atoms with Gasteiger partial charge < -0.3 is 4.90 Å². The van der Waals surface area contributed by atoms with E-state index in [2.05, 4.69) is 61.5 Å². The normalized spacial score (nSPS) is 15.4. The second kappa shape index (κ2) is 7.61. The summed E-state index contributed by atoms with van der Waals surface area (Å²) in [5.74, 6) is -0.383. The second-order valence-electron chi connectivity index (χ2n) is 7.59. The number of fused-ring (bicyclic) bond motifs is 1. The van der Waals surface area contributed by atoms with Gasteiger partial charge in [0.15, 0.2) is 0 Å². The number of carbonyl (C=O) groups is 1. The first-order chi connectivity index (χ1) is 13.1. The standard InChI is InChI=1S/C22H23Cl2N3O/c1-13-8-20-18(14(2)11-22(3,4)27(20)5)9-15(13)12-25-26-21(28)17-7-6-16(23)10-19(17)24/h6-12H,1-5H3,(H,26,28)/b25-12+. The van der Waals surface area contributed by atoms with Gasteiger partial charge in [0.2, 0.25) is 0 Å². The number of nitrogens with zero attached hydrogens (tertiary/aromatic N) is 2. The number of hydrogen-bond acceptors (Lipinski definition) is 3. The average Bonchev–Trinajstić information content (AvgIpc) is 2.60. The van der Waals surface area contributed by atoms with E-state index in [1.165, 1.54) is 22.9 Å². The van der Waals surface area contributed by atoms with E-state index in [9.17, 15) is 4.79 Å². The van der Waals surface area contributed by atoms with Crippen molar-refractivity contribution in [2.75, 3.05) is 11.9 Å². The van der Waals surface area contributed by atoms with Crippen LogP contribution in [-0.2, 0) is 0 Å². The van der Waals surface area contributed by atoms with Gasteiger partial charge in [0, 0.05) is 23.3 Å². The van der Waals surface area contributed by atoms with E-state index in [0.717, 1.165) is 11.1 Å². The topological polar surface area (TPSA) is 44.7 Å². The van der Waals surface area contributed by atoms with E-state index in [1.54, 1.807) is 18.3 Å². The molecule has 28 heavy (non-hydrogen) atoms. The molecule has 1 aliphatic rings. The van der Waals surface area contributed by atoms with Crippen molar-refractivity contribution in [1.82, 2.24) is 5.43 Å². The number of nitrogens with one attached hydrogen (secondary N) is 1. The molecule has 3 rings (SSSR count). The van der Waals surface area contributed by atoms with Crippen LogP contribution in [0.15, 0.2) is 41.5 Å². The lowest BCUT2D eigenvalue weighted by Gasteiger charge is -2.41. The molecule has 2 aromatic carbocycles. The minimum absolute atomic E-state index is 0.0368. The monoisotopic (exact) mass is 415 g/mol. The number of aryl methyl sites for hydroxylation is 1. The van der Waals surface area contributed by atoms with Crippen LogP contribution in [0.25, 0.3) is 5.57 Å². The Labute approximate surface area is 175 Å². The maximum atomic E-state index is 12.3. The SMILES string of the molecule is CC1=CC(C)(C)N(C)c2cc(C)c(/C=N/NC(=O)c3ccc(Cl)cc3Cl)cc21. The van der Waals surface area contributed by atoms with Gasteiger partial charge in [0.1, 0.15) is 0 Å². The summed E-state index contributed by atoms with van der Waals surface area (Å²) in [7, 11) is 2.10. The Hall–Kier alpha value is -2.30. The van der Waals surface area contributed by atoms with E-state index in [-0.39, 0.29) is 16.5 Å². The number of hydrogen-bond donors (Lipinski definition) is 1.